The summed E-state index contributed by atoms with van der Waals surface area (Å²) in [6.07, 6.45) is 2.08. The SMILES string of the molecule is CSCC(N)c1ccsc1C. The zero-order chi connectivity index (χ0) is 8.27. The van der Waals surface area contributed by atoms with Gasteiger partial charge in [-0.25, -0.2) is 0 Å². The van der Waals surface area contributed by atoms with Gasteiger partial charge in [0.05, 0.1) is 0 Å². The van der Waals surface area contributed by atoms with Crippen molar-refractivity contribution in [1.82, 2.24) is 0 Å². The second-order valence-electron chi connectivity index (χ2n) is 2.49. The first kappa shape index (κ1) is 9.10. The van der Waals surface area contributed by atoms with Crippen LogP contribution in [0.1, 0.15) is 16.5 Å². The lowest BCUT2D eigenvalue weighted by atomic mass is 10.1. The molecule has 0 fully saturated rings. The predicted octanol–water partition coefficient (Wildman–Crippen LogP) is 2.42. The molecule has 2 N–H and O–H groups in total. The van der Waals surface area contributed by atoms with Crippen LogP contribution in [0.15, 0.2) is 11.4 Å². The maximum Gasteiger partial charge on any atom is 0.0397 e. The Labute approximate surface area is 76.0 Å². The summed E-state index contributed by atoms with van der Waals surface area (Å²) in [5.74, 6) is 1.01. The first-order chi connectivity index (χ1) is 5.25. The Kier molecular flexibility index (Phi) is 3.43. The minimum Gasteiger partial charge on any atom is -0.323 e. The van der Waals surface area contributed by atoms with Crippen LogP contribution in [0, 0.1) is 6.92 Å². The fourth-order valence-corrected chi connectivity index (χ4v) is 2.36. The summed E-state index contributed by atoms with van der Waals surface area (Å²) in [6, 6.07) is 2.34. The van der Waals surface area contributed by atoms with E-state index in [0.29, 0.717) is 0 Å². The lowest BCUT2D eigenvalue weighted by Crippen LogP contribution is -2.12. The second-order valence-corrected chi connectivity index (χ2v) is 4.52. The summed E-state index contributed by atoms with van der Waals surface area (Å²) in [5.41, 5.74) is 7.25. The molecule has 0 radical (unpaired) electrons. The van der Waals surface area contributed by atoms with Gasteiger partial charge in [-0.2, -0.15) is 11.8 Å². The van der Waals surface area contributed by atoms with Gasteiger partial charge < -0.3 is 5.73 Å². The van der Waals surface area contributed by atoms with Crippen LogP contribution in [-0.2, 0) is 0 Å². The normalized spacial score (nSPS) is 13.4. The molecule has 1 aromatic rings. The molecule has 1 heterocycles. The van der Waals surface area contributed by atoms with E-state index in [9.17, 15) is 0 Å². The summed E-state index contributed by atoms with van der Waals surface area (Å²) in [7, 11) is 0. The van der Waals surface area contributed by atoms with Crippen molar-refractivity contribution in [2.75, 3.05) is 12.0 Å². The molecule has 11 heavy (non-hydrogen) atoms. The Balaban J connectivity index is 2.67. The Morgan fingerprint density at radius 1 is 1.73 bits per heavy atom. The van der Waals surface area contributed by atoms with Gasteiger partial charge in [0.2, 0.25) is 0 Å². The molecule has 1 rings (SSSR count). The van der Waals surface area contributed by atoms with E-state index in [4.69, 9.17) is 5.73 Å². The molecule has 0 saturated carbocycles. The van der Waals surface area contributed by atoms with E-state index in [0.717, 1.165) is 5.75 Å². The molecule has 0 aliphatic carbocycles. The molecule has 1 nitrogen and oxygen atoms in total. The first-order valence-corrected chi connectivity index (χ1v) is 5.81. The van der Waals surface area contributed by atoms with Crippen LogP contribution in [-0.4, -0.2) is 12.0 Å². The monoisotopic (exact) mass is 187 g/mol. The van der Waals surface area contributed by atoms with E-state index < -0.39 is 0 Å². The van der Waals surface area contributed by atoms with Gasteiger partial charge in [-0.05, 0) is 30.2 Å². The Bertz CT molecular complexity index is 220. The third kappa shape index (κ3) is 2.22. The predicted molar refractivity (Wildman–Crippen MR) is 54.4 cm³/mol. The van der Waals surface area contributed by atoms with Crippen molar-refractivity contribution < 1.29 is 0 Å². The molecular formula is C8H13NS2. The summed E-state index contributed by atoms with van der Waals surface area (Å²) in [4.78, 5) is 1.35. The van der Waals surface area contributed by atoms with E-state index in [1.54, 1.807) is 23.1 Å². The lowest BCUT2D eigenvalue weighted by Gasteiger charge is -2.08. The molecule has 1 unspecified atom stereocenters. The van der Waals surface area contributed by atoms with Crippen molar-refractivity contribution in [3.8, 4) is 0 Å². The van der Waals surface area contributed by atoms with Crippen LogP contribution >= 0.6 is 23.1 Å². The van der Waals surface area contributed by atoms with Gasteiger partial charge in [-0.15, -0.1) is 11.3 Å². The number of thioether (sulfide) groups is 1. The number of nitrogens with two attached hydrogens (primary N) is 1. The standard InChI is InChI=1S/C8H13NS2/c1-6-7(3-4-11-6)8(9)5-10-2/h3-4,8H,5,9H2,1-2H3. The van der Waals surface area contributed by atoms with Crippen molar-refractivity contribution >= 4 is 23.1 Å². The minimum absolute atomic E-state index is 0.219. The van der Waals surface area contributed by atoms with Gasteiger partial charge in [0.25, 0.3) is 0 Å². The summed E-state index contributed by atoms with van der Waals surface area (Å²) < 4.78 is 0. The Morgan fingerprint density at radius 3 is 2.91 bits per heavy atom. The van der Waals surface area contributed by atoms with Crippen molar-refractivity contribution in [2.24, 2.45) is 5.73 Å². The fraction of sp³-hybridized carbons (Fsp3) is 0.500. The zero-order valence-corrected chi connectivity index (χ0v) is 8.47. The first-order valence-electron chi connectivity index (χ1n) is 3.54. The van der Waals surface area contributed by atoms with Gasteiger partial charge >= 0.3 is 0 Å². The van der Waals surface area contributed by atoms with Crippen LogP contribution in [0.25, 0.3) is 0 Å². The number of thiophene rings is 1. The summed E-state index contributed by atoms with van der Waals surface area (Å²) in [5, 5.41) is 2.10. The van der Waals surface area contributed by atoms with E-state index in [-0.39, 0.29) is 6.04 Å². The van der Waals surface area contributed by atoms with Crippen LogP contribution < -0.4 is 5.73 Å². The maximum absolute atomic E-state index is 5.94. The molecule has 0 bridgehead atoms. The zero-order valence-electron chi connectivity index (χ0n) is 6.83. The second kappa shape index (κ2) is 4.14. The van der Waals surface area contributed by atoms with Gasteiger partial charge in [0, 0.05) is 16.7 Å². The summed E-state index contributed by atoms with van der Waals surface area (Å²) in [6.45, 7) is 2.13. The van der Waals surface area contributed by atoms with Crippen LogP contribution in [0.5, 0.6) is 0 Å². The average Bonchev–Trinajstić information content (AvgIpc) is 2.36. The lowest BCUT2D eigenvalue weighted by molar-refractivity contribution is 0.830. The fourth-order valence-electron chi connectivity index (χ4n) is 1.05. The van der Waals surface area contributed by atoms with E-state index in [1.807, 2.05) is 0 Å². The van der Waals surface area contributed by atoms with Gasteiger partial charge in [-0.1, -0.05) is 0 Å². The molecule has 3 heteroatoms. The van der Waals surface area contributed by atoms with Crippen LogP contribution in [0.3, 0.4) is 0 Å². The largest absolute Gasteiger partial charge is 0.323 e. The molecule has 1 atom stereocenters. The van der Waals surface area contributed by atoms with Gasteiger partial charge in [-0.3, -0.25) is 0 Å². The number of aryl methyl sites for hydroxylation is 1. The third-order valence-corrected chi connectivity index (χ3v) is 3.20. The molecular weight excluding hydrogens is 174 g/mol. The van der Waals surface area contributed by atoms with Gasteiger partial charge in [0.15, 0.2) is 0 Å². The summed E-state index contributed by atoms with van der Waals surface area (Å²) >= 11 is 3.57. The van der Waals surface area contributed by atoms with E-state index >= 15 is 0 Å². The molecule has 0 aliphatic rings. The smallest absolute Gasteiger partial charge is 0.0397 e. The highest BCUT2D eigenvalue weighted by molar-refractivity contribution is 7.98. The van der Waals surface area contributed by atoms with Crippen molar-refractivity contribution in [2.45, 2.75) is 13.0 Å². The van der Waals surface area contributed by atoms with Gasteiger partial charge in [0.1, 0.15) is 0 Å². The van der Waals surface area contributed by atoms with Crippen molar-refractivity contribution in [3.05, 3.63) is 21.9 Å². The van der Waals surface area contributed by atoms with Crippen LogP contribution in [0.4, 0.5) is 0 Å². The average molecular weight is 187 g/mol. The molecule has 1 aromatic heterocycles. The Hall–Kier alpha value is 0.01000. The third-order valence-electron chi connectivity index (χ3n) is 1.64. The molecule has 62 valence electrons. The highest BCUT2D eigenvalue weighted by Crippen LogP contribution is 2.22. The van der Waals surface area contributed by atoms with Crippen molar-refractivity contribution in [3.63, 3.8) is 0 Å². The number of hydrogen-bond donors (Lipinski definition) is 1. The molecule has 0 spiro atoms. The number of rotatable bonds is 3. The maximum atomic E-state index is 5.94. The number of hydrogen-bond acceptors (Lipinski definition) is 3. The molecule has 0 aliphatic heterocycles. The molecule has 0 aromatic carbocycles. The quantitative estimate of drug-likeness (QED) is 0.786. The van der Waals surface area contributed by atoms with Crippen molar-refractivity contribution in [1.29, 1.82) is 0 Å². The molecule has 0 saturated heterocycles. The topological polar surface area (TPSA) is 26.0 Å². The Morgan fingerprint density at radius 2 is 2.45 bits per heavy atom. The highest BCUT2D eigenvalue weighted by Gasteiger charge is 2.07. The van der Waals surface area contributed by atoms with E-state index in [1.165, 1.54) is 10.4 Å². The minimum atomic E-state index is 0.219. The van der Waals surface area contributed by atoms with Crippen LogP contribution in [0.2, 0.25) is 0 Å². The van der Waals surface area contributed by atoms with E-state index in [2.05, 4.69) is 24.6 Å². The highest BCUT2D eigenvalue weighted by atomic mass is 32.2. The molecule has 0 amide bonds.